The molecule has 1 rings (SSSR count). The minimum absolute atomic E-state index is 0.0697. The SMILES string of the molecule is CCC=CC1C(C(=O)OC)C1(C)C. The summed E-state index contributed by atoms with van der Waals surface area (Å²) >= 11 is 0. The Balaban J connectivity index is 2.60. The number of allylic oxidation sites excluding steroid dienone is 2. The number of carbonyl (C=O) groups is 1. The average molecular weight is 182 g/mol. The highest BCUT2D eigenvalue weighted by molar-refractivity contribution is 5.78. The van der Waals surface area contributed by atoms with Gasteiger partial charge in [-0.05, 0) is 17.8 Å². The second-order valence-electron chi connectivity index (χ2n) is 4.18. The van der Waals surface area contributed by atoms with Crippen molar-refractivity contribution in [2.24, 2.45) is 17.3 Å². The first-order valence-electron chi connectivity index (χ1n) is 4.80. The molecular weight excluding hydrogens is 164 g/mol. The zero-order chi connectivity index (χ0) is 10.1. The molecule has 2 heteroatoms. The number of ether oxygens (including phenoxy) is 1. The Morgan fingerprint density at radius 2 is 2.15 bits per heavy atom. The molecule has 0 aromatic carbocycles. The molecule has 0 bridgehead atoms. The van der Waals surface area contributed by atoms with E-state index >= 15 is 0 Å². The van der Waals surface area contributed by atoms with E-state index in [0.29, 0.717) is 5.92 Å². The minimum atomic E-state index is -0.0734. The number of hydrogen-bond acceptors (Lipinski definition) is 2. The highest BCUT2D eigenvalue weighted by Crippen LogP contribution is 2.59. The second kappa shape index (κ2) is 3.52. The molecule has 2 unspecified atom stereocenters. The van der Waals surface area contributed by atoms with E-state index in [2.05, 4.69) is 32.9 Å². The van der Waals surface area contributed by atoms with Gasteiger partial charge in [-0.3, -0.25) is 4.79 Å². The van der Waals surface area contributed by atoms with Gasteiger partial charge < -0.3 is 4.74 Å². The molecule has 0 spiro atoms. The molecule has 74 valence electrons. The molecule has 0 heterocycles. The van der Waals surface area contributed by atoms with E-state index in [1.807, 2.05) is 0 Å². The Kier molecular flexibility index (Phi) is 2.79. The summed E-state index contributed by atoms with van der Waals surface area (Å²) in [5.41, 5.74) is 0.0960. The number of carbonyl (C=O) groups excluding carboxylic acids is 1. The Bertz CT molecular complexity index is 228. The van der Waals surface area contributed by atoms with Crippen molar-refractivity contribution in [1.82, 2.24) is 0 Å². The van der Waals surface area contributed by atoms with Crippen LogP contribution in [0.2, 0.25) is 0 Å². The number of methoxy groups -OCH3 is 1. The largest absolute Gasteiger partial charge is 0.469 e. The second-order valence-corrected chi connectivity index (χ2v) is 4.18. The normalized spacial score (nSPS) is 30.5. The molecule has 0 saturated heterocycles. The van der Waals surface area contributed by atoms with Crippen LogP contribution in [-0.2, 0) is 9.53 Å². The van der Waals surface area contributed by atoms with E-state index in [4.69, 9.17) is 4.74 Å². The topological polar surface area (TPSA) is 26.3 Å². The van der Waals surface area contributed by atoms with Gasteiger partial charge in [0, 0.05) is 0 Å². The van der Waals surface area contributed by atoms with Crippen LogP contribution in [0.25, 0.3) is 0 Å². The van der Waals surface area contributed by atoms with Crippen molar-refractivity contribution in [3.63, 3.8) is 0 Å². The van der Waals surface area contributed by atoms with Crippen LogP contribution in [0, 0.1) is 17.3 Å². The van der Waals surface area contributed by atoms with Gasteiger partial charge in [-0.1, -0.05) is 32.9 Å². The summed E-state index contributed by atoms with van der Waals surface area (Å²) in [5.74, 6) is 0.371. The fourth-order valence-electron chi connectivity index (χ4n) is 1.90. The summed E-state index contributed by atoms with van der Waals surface area (Å²) < 4.78 is 4.75. The maximum absolute atomic E-state index is 11.3. The average Bonchev–Trinajstić information content (AvgIpc) is 2.63. The lowest BCUT2D eigenvalue weighted by molar-refractivity contribution is -0.143. The fraction of sp³-hybridized carbons (Fsp3) is 0.727. The van der Waals surface area contributed by atoms with Crippen molar-refractivity contribution < 1.29 is 9.53 Å². The van der Waals surface area contributed by atoms with Crippen LogP contribution in [0.3, 0.4) is 0 Å². The zero-order valence-electron chi connectivity index (χ0n) is 8.83. The standard InChI is InChI=1S/C11H18O2/c1-5-6-7-8-9(10(12)13-4)11(8,2)3/h6-9H,5H2,1-4H3. The molecule has 0 radical (unpaired) electrons. The van der Waals surface area contributed by atoms with Gasteiger partial charge in [0.2, 0.25) is 0 Å². The Morgan fingerprint density at radius 3 is 2.62 bits per heavy atom. The van der Waals surface area contributed by atoms with Gasteiger partial charge in [0.1, 0.15) is 0 Å². The smallest absolute Gasteiger partial charge is 0.309 e. The lowest BCUT2D eigenvalue weighted by Gasteiger charge is -1.98. The van der Waals surface area contributed by atoms with Crippen LogP contribution in [0.15, 0.2) is 12.2 Å². The first kappa shape index (κ1) is 10.3. The minimum Gasteiger partial charge on any atom is -0.469 e. The Labute approximate surface area is 80.0 Å². The van der Waals surface area contributed by atoms with Gasteiger partial charge in [-0.25, -0.2) is 0 Å². The van der Waals surface area contributed by atoms with Crippen molar-refractivity contribution in [3.8, 4) is 0 Å². The summed E-state index contributed by atoms with van der Waals surface area (Å²) in [4.78, 5) is 11.3. The van der Waals surface area contributed by atoms with Crippen molar-refractivity contribution in [3.05, 3.63) is 12.2 Å². The van der Waals surface area contributed by atoms with Gasteiger partial charge in [0.15, 0.2) is 0 Å². The van der Waals surface area contributed by atoms with Crippen molar-refractivity contribution in [2.75, 3.05) is 7.11 Å². The maximum atomic E-state index is 11.3. The van der Waals surface area contributed by atoms with E-state index in [-0.39, 0.29) is 17.3 Å². The van der Waals surface area contributed by atoms with E-state index in [9.17, 15) is 4.79 Å². The van der Waals surface area contributed by atoms with Crippen LogP contribution in [0.4, 0.5) is 0 Å². The Hall–Kier alpha value is -0.790. The molecular formula is C11H18O2. The highest BCUT2D eigenvalue weighted by Gasteiger charge is 2.60. The molecule has 2 atom stereocenters. The lowest BCUT2D eigenvalue weighted by atomic mass is 10.1. The van der Waals surface area contributed by atoms with Gasteiger partial charge in [-0.15, -0.1) is 0 Å². The molecule has 0 aromatic heterocycles. The van der Waals surface area contributed by atoms with Gasteiger partial charge in [-0.2, -0.15) is 0 Å². The van der Waals surface area contributed by atoms with E-state index in [1.54, 1.807) is 0 Å². The van der Waals surface area contributed by atoms with Gasteiger partial charge >= 0.3 is 5.97 Å². The molecule has 13 heavy (non-hydrogen) atoms. The third-order valence-corrected chi connectivity index (χ3v) is 2.94. The summed E-state index contributed by atoms with van der Waals surface area (Å²) in [5, 5.41) is 0. The third-order valence-electron chi connectivity index (χ3n) is 2.94. The van der Waals surface area contributed by atoms with Crippen molar-refractivity contribution in [1.29, 1.82) is 0 Å². The lowest BCUT2D eigenvalue weighted by Crippen LogP contribution is -2.07. The zero-order valence-corrected chi connectivity index (χ0v) is 8.83. The third kappa shape index (κ3) is 1.77. The molecule has 1 fully saturated rings. The Morgan fingerprint density at radius 1 is 1.54 bits per heavy atom. The molecule has 0 aromatic rings. The number of esters is 1. The molecule has 2 nitrogen and oxygen atoms in total. The van der Waals surface area contributed by atoms with Crippen LogP contribution in [-0.4, -0.2) is 13.1 Å². The van der Waals surface area contributed by atoms with Crippen molar-refractivity contribution in [2.45, 2.75) is 27.2 Å². The molecule has 1 aliphatic rings. The fourth-order valence-corrected chi connectivity index (χ4v) is 1.90. The van der Waals surface area contributed by atoms with Crippen molar-refractivity contribution >= 4 is 5.97 Å². The van der Waals surface area contributed by atoms with Gasteiger partial charge in [0.25, 0.3) is 0 Å². The molecule has 0 aliphatic heterocycles. The van der Waals surface area contributed by atoms with Crippen LogP contribution >= 0.6 is 0 Å². The number of hydrogen-bond donors (Lipinski definition) is 0. The summed E-state index contributed by atoms with van der Waals surface area (Å²) in [7, 11) is 1.46. The summed E-state index contributed by atoms with van der Waals surface area (Å²) in [6.07, 6.45) is 5.29. The van der Waals surface area contributed by atoms with Crippen LogP contribution in [0.1, 0.15) is 27.2 Å². The molecule has 1 saturated carbocycles. The first-order chi connectivity index (χ1) is 6.05. The van der Waals surface area contributed by atoms with Crippen LogP contribution < -0.4 is 0 Å². The summed E-state index contributed by atoms with van der Waals surface area (Å²) in [6.45, 7) is 6.32. The van der Waals surface area contributed by atoms with E-state index < -0.39 is 0 Å². The maximum Gasteiger partial charge on any atom is 0.309 e. The molecule has 0 amide bonds. The first-order valence-corrected chi connectivity index (χ1v) is 4.80. The molecule has 1 aliphatic carbocycles. The molecule has 0 N–H and O–H groups in total. The van der Waals surface area contributed by atoms with E-state index in [1.165, 1.54) is 7.11 Å². The number of rotatable bonds is 3. The predicted molar refractivity (Wildman–Crippen MR) is 52.2 cm³/mol. The van der Waals surface area contributed by atoms with Crippen LogP contribution in [0.5, 0.6) is 0 Å². The van der Waals surface area contributed by atoms with Gasteiger partial charge in [0.05, 0.1) is 13.0 Å². The predicted octanol–water partition coefficient (Wildman–Crippen LogP) is 2.40. The quantitative estimate of drug-likeness (QED) is 0.495. The van der Waals surface area contributed by atoms with E-state index in [0.717, 1.165) is 6.42 Å². The monoisotopic (exact) mass is 182 g/mol. The highest BCUT2D eigenvalue weighted by atomic mass is 16.5. The summed E-state index contributed by atoms with van der Waals surface area (Å²) in [6, 6.07) is 0.